The molecular weight excluding hydrogens is 286 g/mol. The number of carboxylic acids is 1. The monoisotopic (exact) mass is 294 g/mol. The summed E-state index contributed by atoms with van der Waals surface area (Å²) in [5.74, 6) is -1.16. The lowest BCUT2D eigenvalue weighted by Crippen LogP contribution is -2.31. The van der Waals surface area contributed by atoms with Crippen LogP contribution >= 0.6 is 11.8 Å². The molecule has 0 aliphatic carbocycles. The first-order chi connectivity index (χ1) is 9.47. The van der Waals surface area contributed by atoms with Gasteiger partial charge in [0.05, 0.1) is 16.1 Å². The molecule has 0 fully saturated rings. The Morgan fingerprint density at radius 3 is 2.85 bits per heavy atom. The lowest BCUT2D eigenvalue weighted by atomic mass is 10.2. The second-order valence-electron chi connectivity index (χ2n) is 3.76. The Kier molecular flexibility index (Phi) is 3.99. The zero-order valence-electron chi connectivity index (χ0n) is 10.2. The van der Waals surface area contributed by atoms with Crippen molar-refractivity contribution >= 4 is 23.4 Å². The molecule has 0 N–H and O–H groups in total. The molecule has 0 radical (unpaired) electrons. The highest BCUT2D eigenvalue weighted by molar-refractivity contribution is 8.00. The molecule has 0 unspecified atom stereocenters. The molecule has 0 bridgehead atoms. The fourth-order valence-corrected chi connectivity index (χ4v) is 1.94. The number of aromatic nitrogens is 2. The summed E-state index contributed by atoms with van der Waals surface area (Å²) in [6.45, 7) is 1.43. The number of thioether (sulfide) groups is 1. The van der Waals surface area contributed by atoms with Crippen molar-refractivity contribution in [3.63, 3.8) is 0 Å². The zero-order chi connectivity index (χ0) is 14.7. The Morgan fingerprint density at radius 1 is 1.45 bits per heavy atom. The number of non-ortho nitro benzene ring substituents is 1. The van der Waals surface area contributed by atoms with Gasteiger partial charge in [-0.2, -0.15) is 0 Å². The van der Waals surface area contributed by atoms with Gasteiger partial charge in [0.25, 0.3) is 10.9 Å². The number of aliphatic carboxylic acids is 1. The van der Waals surface area contributed by atoms with Gasteiger partial charge in [-0.3, -0.25) is 10.1 Å². The summed E-state index contributed by atoms with van der Waals surface area (Å²) in [7, 11) is 0. The van der Waals surface area contributed by atoms with E-state index in [0.717, 1.165) is 11.8 Å². The minimum atomic E-state index is -1.25. The SMILES string of the molecule is C[C@H](Sc1nnc(-c2cccc([N+](=O)[O-])c2)o1)C(=O)[O-]. The number of hydrogen-bond acceptors (Lipinski definition) is 8. The van der Waals surface area contributed by atoms with Gasteiger partial charge in [0, 0.05) is 17.7 Å². The molecule has 9 heteroatoms. The minimum absolute atomic E-state index is 0.0585. The Bertz CT molecular complexity index is 657. The van der Waals surface area contributed by atoms with E-state index in [9.17, 15) is 20.0 Å². The van der Waals surface area contributed by atoms with Gasteiger partial charge < -0.3 is 14.3 Å². The largest absolute Gasteiger partial charge is 0.549 e. The van der Waals surface area contributed by atoms with E-state index in [1.807, 2.05) is 0 Å². The van der Waals surface area contributed by atoms with Crippen LogP contribution in [0.3, 0.4) is 0 Å². The first-order valence-electron chi connectivity index (χ1n) is 5.43. The number of carbonyl (C=O) groups is 1. The molecular formula is C11H8N3O5S-. The topological polar surface area (TPSA) is 122 Å². The first kappa shape index (κ1) is 14.0. The highest BCUT2D eigenvalue weighted by Crippen LogP contribution is 2.27. The van der Waals surface area contributed by atoms with E-state index in [-0.39, 0.29) is 16.8 Å². The van der Waals surface area contributed by atoms with Crippen LogP contribution in [0.15, 0.2) is 33.9 Å². The van der Waals surface area contributed by atoms with Crippen molar-refractivity contribution in [3.8, 4) is 11.5 Å². The van der Waals surface area contributed by atoms with Crippen molar-refractivity contribution in [2.24, 2.45) is 0 Å². The number of benzene rings is 1. The number of nitrogens with zero attached hydrogens (tertiary/aromatic N) is 3. The van der Waals surface area contributed by atoms with Crippen molar-refractivity contribution in [2.75, 3.05) is 0 Å². The summed E-state index contributed by atoms with van der Waals surface area (Å²) in [6, 6.07) is 5.71. The Morgan fingerprint density at radius 2 is 2.20 bits per heavy atom. The molecule has 0 amide bonds. The third kappa shape index (κ3) is 3.12. The first-order valence-corrected chi connectivity index (χ1v) is 6.31. The molecule has 1 heterocycles. The predicted octanol–water partition coefficient (Wildman–Crippen LogP) is 0.875. The smallest absolute Gasteiger partial charge is 0.277 e. The van der Waals surface area contributed by atoms with E-state index in [0.29, 0.717) is 5.56 Å². The van der Waals surface area contributed by atoms with Gasteiger partial charge in [-0.15, -0.1) is 10.2 Å². The summed E-state index contributed by atoms with van der Waals surface area (Å²) in [5.41, 5.74) is 0.290. The normalized spacial score (nSPS) is 12.1. The van der Waals surface area contributed by atoms with Gasteiger partial charge in [0.15, 0.2) is 0 Å². The second-order valence-corrected chi connectivity index (χ2v) is 5.05. The summed E-state index contributed by atoms with van der Waals surface area (Å²) < 4.78 is 5.25. The van der Waals surface area contributed by atoms with Crippen molar-refractivity contribution < 1.29 is 19.2 Å². The molecule has 1 aromatic carbocycles. The molecule has 0 aliphatic rings. The number of hydrogen-bond donors (Lipinski definition) is 0. The Hall–Kier alpha value is -2.42. The number of carbonyl (C=O) groups excluding carboxylic acids is 1. The fourth-order valence-electron chi connectivity index (χ4n) is 1.33. The van der Waals surface area contributed by atoms with Crippen LogP contribution < -0.4 is 5.11 Å². The Balaban J connectivity index is 2.22. The van der Waals surface area contributed by atoms with Crippen molar-refractivity contribution in [1.82, 2.24) is 10.2 Å². The second kappa shape index (κ2) is 5.70. The lowest BCUT2D eigenvalue weighted by molar-refractivity contribution is -0.384. The third-order valence-electron chi connectivity index (χ3n) is 2.32. The van der Waals surface area contributed by atoms with Gasteiger partial charge in [-0.1, -0.05) is 17.8 Å². The van der Waals surface area contributed by atoms with Gasteiger partial charge in [0.1, 0.15) is 0 Å². The van der Waals surface area contributed by atoms with Gasteiger partial charge >= 0.3 is 0 Å². The molecule has 20 heavy (non-hydrogen) atoms. The maximum atomic E-state index is 10.7. The van der Waals surface area contributed by atoms with E-state index in [1.165, 1.54) is 25.1 Å². The average molecular weight is 294 g/mol. The number of rotatable bonds is 5. The van der Waals surface area contributed by atoms with Crippen LogP contribution in [0.4, 0.5) is 5.69 Å². The molecule has 8 nitrogen and oxygen atoms in total. The summed E-state index contributed by atoms with van der Waals surface area (Å²) in [5, 5.41) is 27.9. The molecule has 104 valence electrons. The third-order valence-corrected chi connectivity index (χ3v) is 3.23. The zero-order valence-corrected chi connectivity index (χ0v) is 11.0. The van der Waals surface area contributed by atoms with E-state index in [1.54, 1.807) is 6.07 Å². The summed E-state index contributed by atoms with van der Waals surface area (Å²) >= 11 is 0.841. The van der Waals surface area contributed by atoms with E-state index in [4.69, 9.17) is 4.42 Å². The van der Waals surface area contributed by atoms with Gasteiger partial charge in [0.2, 0.25) is 5.89 Å². The molecule has 0 aliphatic heterocycles. The molecule has 1 atom stereocenters. The molecule has 2 rings (SSSR count). The van der Waals surface area contributed by atoms with Crippen molar-refractivity contribution in [1.29, 1.82) is 0 Å². The minimum Gasteiger partial charge on any atom is -0.549 e. The van der Waals surface area contributed by atoms with Crippen LogP contribution in [0.1, 0.15) is 6.92 Å². The molecule has 1 aromatic heterocycles. The summed E-state index contributed by atoms with van der Waals surface area (Å²) in [4.78, 5) is 20.7. The summed E-state index contributed by atoms with van der Waals surface area (Å²) in [6.07, 6.45) is 0. The number of carboxylic acid groups (broad SMARTS) is 1. The van der Waals surface area contributed by atoms with E-state index in [2.05, 4.69) is 10.2 Å². The molecule has 0 spiro atoms. The fraction of sp³-hybridized carbons (Fsp3) is 0.182. The van der Waals surface area contributed by atoms with Crippen LogP contribution in [0.2, 0.25) is 0 Å². The highest BCUT2D eigenvalue weighted by Gasteiger charge is 2.15. The van der Waals surface area contributed by atoms with E-state index < -0.39 is 16.1 Å². The van der Waals surface area contributed by atoms with Crippen LogP contribution in [-0.2, 0) is 4.79 Å². The van der Waals surface area contributed by atoms with Crippen LogP contribution in [0.5, 0.6) is 0 Å². The number of nitro benzene ring substituents is 1. The standard InChI is InChI=1S/C11H9N3O5S/c1-6(10(15)16)20-11-13-12-9(19-11)7-3-2-4-8(5-7)14(17)18/h2-6H,1H3,(H,15,16)/p-1/t6-/m0/s1. The van der Waals surface area contributed by atoms with Gasteiger partial charge in [-0.25, -0.2) is 0 Å². The van der Waals surface area contributed by atoms with Crippen LogP contribution in [0, 0.1) is 10.1 Å². The molecule has 0 saturated heterocycles. The van der Waals surface area contributed by atoms with Crippen LogP contribution in [0.25, 0.3) is 11.5 Å². The molecule has 2 aromatic rings. The highest BCUT2D eigenvalue weighted by atomic mass is 32.2. The maximum Gasteiger partial charge on any atom is 0.277 e. The van der Waals surface area contributed by atoms with Crippen molar-refractivity contribution in [2.45, 2.75) is 17.4 Å². The maximum absolute atomic E-state index is 10.7. The van der Waals surface area contributed by atoms with Crippen LogP contribution in [-0.4, -0.2) is 26.3 Å². The quantitative estimate of drug-likeness (QED) is 0.452. The average Bonchev–Trinajstić information content (AvgIpc) is 2.87. The molecule has 0 saturated carbocycles. The Labute approximate surface area is 117 Å². The van der Waals surface area contributed by atoms with E-state index >= 15 is 0 Å². The number of nitro groups is 1. The van der Waals surface area contributed by atoms with Crippen molar-refractivity contribution in [3.05, 3.63) is 34.4 Å². The van der Waals surface area contributed by atoms with Gasteiger partial charge in [-0.05, 0) is 13.0 Å². The predicted molar refractivity (Wildman–Crippen MR) is 66.7 cm³/mol. The lowest BCUT2D eigenvalue weighted by Gasteiger charge is -2.07.